The average molecular weight is 410 g/mol. The van der Waals surface area contributed by atoms with Crippen LogP contribution in [0, 0.1) is 12.3 Å². The molecule has 1 amide bonds. The second-order valence-electron chi connectivity index (χ2n) is 9.64. The van der Waals surface area contributed by atoms with Crippen molar-refractivity contribution in [2.24, 2.45) is 5.41 Å². The molecular formula is C28H27NO2. The van der Waals surface area contributed by atoms with E-state index in [1.165, 1.54) is 0 Å². The average Bonchev–Trinajstić information content (AvgIpc) is 2.73. The number of benzene rings is 3. The first-order valence-electron chi connectivity index (χ1n) is 11.0. The Kier molecular flexibility index (Phi) is 4.58. The highest BCUT2D eigenvalue weighted by molar-refractivity contribution is 6.08. The van der Waals surface area contributed by atoms with Gasteiger partial charge < -0.3 is 0 Å². The third kappa shape index (κ3) is 3.29. The highest BCUT2D eigenvalue weighted by Crippen LogP contribution is 2.49. The predicted octanol–water partition coefficient (Wildman–Crippen LogP) is 6.31. The van der Waals surface area contributed by atoms with E-state index >= 15 is 0 Å². The number of anilines is 1. The SMILES string of the molecule is Cc1ccccc1N1C(=O)CC(c2cccc3ccccc23)C2=C1CC(C)(C)CC2=O. The summed E-state index contributed by atoms with van der Waals surface area (Å²) in [6.45, 7) is 6.27. The zero-order valence-electron chi connectivity index (χ0n) is 18.3. The number of carbonyl (C=O) groups is 2. The van der Waals surface area contributed by atoms with Crippen molar-refractivity contribution in [1.82, 2.24) is 0 Å². The predicted molar refractivity (Wildman–Crippen MR) is 125 cm³/mol. The standard InChI is InChI=1S/C28H27NO2/c1-18-9-4-7-14-23(18)29-24-16-28(2,3)17-25(30)27(24)22(15-26(29)31)21-13-8-11-19-10-5-6-12-20(19)21/h4-14,22H,15-17H2,1-3H3. The number of hydrogen-bond donors (Lipinski definition) is 0. The van der Waals surface area contributed by atoms with Crippen LogP contribution in [0.1, 0.15) is 50.2 Å². The Labute approximate surface area is 183 Å². The molecule has 31 heavy (non-hydrogen) atoms. The van der Waals surface area contributed by atoms with E-state index in [0.717, 1.165) is 45.3 Å². The van der Waals surface area contributed by atoms with Crippen LogP contribution in [-0.4, -0.2) is 11.7 Å². The number of ketones is 1. The maximum Gasteiger partial charge on any atom is 0.232 e. The number of para-hydroxylation sites is 1. The molecule has 0 fully saturated rings. The number of aryl methyl sites for hydroxylation is 1. The van der Waals surface area contributed by atoms with Gasteiger partial charge in [0.2, 0.25) is 5.91 Å². The van der Waals surface area contributed by atoms with Gasteiger partial charge in [0.25, 0.3) is 0 Å². The van der Waals surface area contributed by atoms with Crippen molar-refractivity contribution in [3.63, 3.8) is 0 Å². The second-order valence-corrected chi connectivity index (χ2v) is 9.64. The van der Waals surface area contributed by atoms with Crippen LogP contribution in [0.3, 0.4) is 0 Å². The third-order valence-electron chi connectivity index (χ3n) is 6.70. The monoisotopic (exact) mass is 409 g/mol. The molecule has 0 aromatic heterocycles. The summed E-state index contributed by atoms with van der Waals surface area (Å²) in [4.78, 5) is 29.0. The van der Waals surface area contributed by atoms with E-state index in [2.05, 4.69) is 38.1 Å². The van der Waals surface area contributed by atoms with Gasteiger partial charge in [0.15, 0.2) is 5.78 Å². The maximum absolute atomic E-state index is 13.6. The van der Waals surface area contributed by atoms with Crippen molar-refractivity contribution in [3.05, 3.63) is 89.1 Å². The third-order valence-corrected chi connectivity index (χ3v) is 6.70. The molecule has 0 bridgehead atoms. The Balaban J connectivity index is 1.76. The number of fused-ring (bicyclic) bond motifs is 1. The van der Waals surface area contributed by atoms with Crippen LogP contribution >= 0.6 is 0 Å². The Hall–Kier alpha value is -3.20. The summed E-state index contributed by atoms with van der Waals surface area (Å²) in [5, 5.41) is 2.26. The Bertz CT molecular complexity index is 1250. The van der Waals surface area contributed by atoms with Gasteiger partial charge in [0.05, 0.1) is 5.69 Å². The fraction of sp³-hybridized carbons (Fsp3) is 0.286. The fourth-order valence-corrected chi connectivity index (χ4v) is 5.33. The molecule has 0 spiro atoms. The Morgan fingerprint density at radius 1 is 0.871 bits per heavy atom. The van der Waals surface area contributed by atoms with Gasteiger partial charge in [0.1, 0.15) is 0 Å². The van der Waals surface area contributed by atoms with E-state index in [0.29, 0.717) is 12.8 Å². The van der Waals surface area contributed by atoms with Gasteiger partial charge in [-0.3, -0.25) is 14.5 Å². The molecule has 1 atom stereocenters. The van der Waals surface area contributed by atoms with E-state index in [9.17, 15) is 9.59 Å². The zero-order chi connectivity index (χ0) is 21.8. The minimum Gasteiger partial charge on any atom is -0.294 e. The number of amides is 1. The Morgan fingerprint density at radius 2 is 1.58 bits per heavy atom. The minimum absolute atomic E-state index is 0.0662. The van der Waals surface area contributed by atoms with Crippen LogP contribution in [0.5, 0.6) is 0 Å². The van der Waals surface area contributed by atoms with E-state index in [1.807, 2.05) is 54.3 Å². The van der Waals surface area contributed by atoms with Crippen molar-refractivity contribution in [3.8, 4) is 0 Å². The van der Waals surface area contributed by atoms with Gasteiger partial charge >= 0.3 is 0 Å². The molecule has 1 aliphatic heterocycles. The second kappa shape index (κ2) is 7.19. The minimum atomic E-state index is -0.197. The van der Waals surface area contributed by atoms with Crippen LogP contribution in [0.2, 0.25) is 0 Å². The fourth-order valence-electron chi connectivity index (χ4n) is 5.33. The summed E-state index contributed by atoms with van der Waals surface area (Å²) in [6, 6.07) is 22.4. The molecule has 5 rings (SSSR count). The van der Waals surface area contributed by atoms with E-state index < -0.39 is 0 Å². The first kappa shape index (κ1) is 19.7. The molecule has 0 N–H and O–H groups in total. The van der Waals surface area contributed by atoms with Gasteiger partial charge in [-0.1, -0.05) is 74.5 Å². The molecule has 2 aliphatic rings. The van der Waals surface area contributed by atoms with Crippen molar-refractivity contribution < 1.29 is 9.59 Å². The molecule has 156 valence electrons. The summed E-state index contributed by atoms with van der Waals surface area (Å²) in [7, 11) is 0. The van der Waals surface area contributed by atoms with Gasteiger partial charge in [-0.05, 0) is 46.7 Å². The van der Waals surface area contributed by atoms with Gasteiger partial charge in [-0.25, -0.2) is 0 Å². The van der Waals surface area contributed by atoms with Crippen LogP contribution in [0.4, 0.5) is 5.69 Å². The molecular weight excluding hydrogens is 382 g/mol. The molecule has 1 heterocycles. The zero-order valence-corrected chi connectivity index (χ0v) is 18.3. The van der Waals surface area contributed by atoms with E-state index in [-0.39, 0.29) is 23.0 Å². The molecule has 3 heteroatoms. The first-order chi connectivity index (χ1) is 14.9. The van der Waals surface area contributed by atoms with Crippen molar-refractivity contribution in [2.75, 3.05) is 4.90 Å². The van der Waals surface area contributed by atoms with Crippen molar-refractivity contribution >= 4 is 28.2 Å². The number of hydrogen-bond acceptors (Lipinski definition) is 2. The van der Waals surface area contributed by atoms with Crippen molar-refractivity contribution in [2.45, 2.75) is 46.0 Å². The molecule has 3 aromatic carbocycles. The largest absolute Gasteiger partial charge is 0.294 e. The lowest BCUT2D eigenvalue weighted by Gasteiger charge is -2.43. The molecule has 1 aliphatic carbocycles. The Morgan fingerprint density at radius 3 is 2.39 bits per heavy atom. The summed E-state index contributed by atoms with van der Waals surface area (Å²) < 4.78 is 0. The molecule has 0 saturated heterocycles. The van der Waals surface area contributed by atoms with Crippen molar-refractivity contribution in [1.29, 1.82) is 0 Å². The highest BCUT2D eigenvalue weighted by atomic mass is 16.2. The summed E-state index contributed by atoms with van der Waals surface area (Å²) in [5.74, 6) is 0.0456. The highest BCUT2D eigenvalue weighted by Gasteiger charge is 2.44. The van der Waals surface area contributed by atoms with Crippen LogP contribution in [-0.2, 0) is 9.59 Å². The van der Waals surface area contributed by atoms with Gasteiger partial charge in [-0.15, -0.1) is 0 Å². The summed E-state index contributed by atoms with van der Waals surface area (Å²) in [5.41, 5.74) is 4.57. The summed E-state index contributed by atoms with van der Waals surface area (Å²) in [6.07, 6.45) is 1.55. The number of Topliss-reactive ketones (excluding diaryl/α,β-unsaturated/α-hetero) is 1. The molecule has 3 nitrogen and oxygen atoms in total. The first-order valence-corrected chi connectivity index (χ1v) is 11.0. The smallest absolute Gasteiger partial charge is 0.232 e. The normalized spacial score (nSPS) is 20.9. The quantitative estimate of drug-likeness (QED) is 0.497. The lowest BCUT2D eigenvalue weighted by atomic mass is 9.68. The molecule has 0 radical (unpaired) electrons. The number of allylic oxidation sites excluding steroid dienone is 2. The molecule has 0 saturated carbocycles. The number of carbonyl (C=O) groups excluding carboxylic acids is 2. The van der Waals surface area contributed by atoms with E-state index in [1.54, 1.807) is 0 Å². The molecule has 3 aromatic rings. The van der Waals surface area contributed by atoms with Gasteiger partial charge in [-0.2, -0.15) is 0 Å². The topological polar surface area (TPSA) is 37.4 Å². The van der Waals surface area contributed by atoms with E-state index in [4.69, 9.17) is 0 Å². The van der Waals surface area contributed by atoms with Crippen LogP contribution < -0.4 is 4.90 Å². The van der Waals surface area contributed by atoms with Crippen LogP contribution in [0.25, 0.3) is 10.8 Å². The number of rotatable bonds is 2. The lowest BCUT2D eigenvalue weighted by Crippen LogP contribution is -2.44. The molecule has 1 unspecified atom stereocenters. The lowest BCUT2D eigenvalue weighted by molar-refractivity contribution is -0.121. The van der Waals surface area contributed by atoms with Gasteiger partial charge in [0, 0.05) is 30.0 Å². The maximum atomic E-state index is 13.6. The number of nitrogens with zero attached hydrogens (tertiary/aromatic N) is 1. The summed E-state index contributed by atoms with van der Waals surface area (Å²) >= 11 is 0. The van der Waals surface area contributed by atoms with Crippen LogP contribution in [0.15, 0.2) is 78.0 Å².